The second-order valence-corrected chi connectivity index (χ2v) is 4.61. The Kier molecular flexibility index (Phi) is 2.59. The predicted octanol–water partition coefficient (Wildman–Crippen LogP) is 1.99. The van der Waals surface area contributed by atoms with Crippen molar-refractivity contribution in [1.29, 1.82) is 0 Å². The third-order valence-electron chi connectivity index (χ3n) is 3.45. The Morgan fingerprint density at radius 3 is 2.87 bits per heavy atom. The lowest BCUT2D eigenvalue weighted by atomic mass is 10.1. The average molecular weight is 208 g/mol. The van der Waals surface area contributed by atoms with Gasteiger partial charge in [-0.2, -0.15) is 5.10 Å². The van der Waals surface area contributed by atoms with Gasteiger partial charge in [0.25, 0.3) is 0 Å². The number of aryl methyl sites for hydroxylation is 2. The number of hydrogen-bond acceptors (Lipinski definition) is 2. The van der Waals surface area contributed by atoms with Crippen molar-refractivity contribution >= 4 is 0 Å². The zero-order valence-electron chi connectivity index (χ0n) is 9.82. The maximum atomic E-state index is 10.4. The summed E-state index contributed by atoms with van der Waals surface area (Å²) in [6, 6.07) is 2.05. The lowest BCUT2D eigenvalue weighted by Gasteiger charge is -2.10. The molecule has 0 spiro atoms. The minimum Gasteiger partial charge on any atom is -0.383 e. The quantitative estimate of drug-likeness (QED) is 0.821. The molecule has 0 saturated heterocycles. The highest BCUT2D eigenvalue weighted by atomic mass is 16.3. The van der Waals surface area contributed by atoms with Crippen molar-refractivity contribution in [2.45, 2.75) is 45.1 Å². The van der Waals surface area contributed by atoms with Crippen LogP contribution in [0.2, 0.25) is 0 Å². The van der Waals surface area contributed by atoms with Gasteiger partial charge in [-0.05, 0) is 31.2 Å². The van der Waals surface area contributed by atoms with Crippen molar-refractivity contribution < 1.29 is 5.11 Å². The third-order valence-corrected chi connectivity index (χ3v) is 3.45. The average Bonchev–Trinajstić information content (AvgIpc) is 2.70. The molecule has 15 heavy (non-hydrogen) atoms. The SMILES string of the molecule is CCCC1CC1(O)c1cc(CC)nn1C. The Hall–Kier alpha value is -0.830. The fourth-order valence-corrected chi connectivity index (χ4v) is 2.42. The van der Waals surface area contributed by atoms with Gasteiger partial charge in [-0.3, -0.25) is 4.68 Å². The Bertz CT molecular complexity index is 359. The fourth-order valence-electron chi connectivity index (χ4n) is 2.42. The monoisotopic (exact) mass is 208 g/mol. The molecular weight excluding hydrogens is 188 g/mol. The van der Waals surface area contributed by atoms with E-state index in [0.29, 0.717) is 5.92 Å². The lowest BCUT2D eigenvalue weighted by molar-refractivity contribution is 0.119. The lowest BCUT2D eigenvalue weighted by Crippen LogP contribution is -2.14. The molecule has 1 aliphatic carbocycles. The van der Waals surface area contributed by atoms with E-state index < -0.39 is 5.60 Å². The van der Waals surface area contributed by atoms with Crippen molar-refractivity contribution in [3.63, 3.8) is 0 Å². The summed E-state index contributed by atoms with van der Waals surface area (Å²) in [4.78, 5) is 0. The predicted molar refractivity (Wildman–Crippen MR) is 59.5 cm³/mol. The Balaban J connectivity index is 2.20. The number of hydrogen-bond donors (Lipinski definition) is 1. The molecule has 0 aliphatic heterocycles. The highest BCUT2D eigenvalue weighted by molar-refractivity contribution is 5.25. The highest BCUT2D eigenvalue weighted by Gasteiger charge is 2.55. The Morgan fingerprint density at radius 2 is 2.33 bits per heavy atom. The highest BCUT2D eigenvalue weighted by Crippen LogP contribution is 2.54. The van der Waals surface area contributed by atoms with Crippen LogP contribution in [0.3, 0.4) is 0 Å². The van der Waals surface area contributed by atoms with Crippen LogP contribution in [-0.2, 0) is 19.1 Å². The molecule has 2 atom stereocenters. The molecule has 1 N–H and O–H groups in total. The second kappa shape index (κ2) is 3.63. The molecule has 0 radical (unpaired) electrons. The van der Waals surface area contributed by atoms with E-state index in [1.165, 1.54) is 0 Å². The first-order valence-corrected chi connectivity index (χ1v) is 5.87. The van der Waals surface area contributed by atoms with Crippen LogP contribution in [0.5, 0.6) is 0 Å². The largest absolute Gasteiger partial charge is 0.383 e. The van der Waals surface area contributed by atoms with E-state index in [1.54, 1.807) is 0 Å². The Morgan fingerprint density at radius 1 is 1.60 bits per heavy atom. The van der Waals surface area contributed by atoms with Crippen LogP contribution in [0.1, 0.15) is 44.5 Å². The maximum absolute atomic E-state index is 10.4. The van der Waals surface area contributed by atoms with Gasteiger partial charge in [-0.25, -0.2) is 0 Å². The topological polar surface area (TPSA) is 38.1 Å². The van der Waals surface area contributed by atoms with Crippen LogP contribution in [0.15, 0.2) is 6.07 Å². The molecule has 3 heteroatoms. The first-order chi connectivity index (χ1) is 7.11. The van der Waals surface area contributed by atoms with Gasteiger partial charge in [0.15, 0.2) is 0 Å². The van der Waals surface area contributed by atoms with Crippen LogP contribution >= 0.6 is 0 Å². The summed E-state index contributed by atoms with van der Waals surface area (Å²) in [5, 5.41) is 14.8. The number of nitrogens with zero attached hydrogens (tertiary/aromatic N) is 2. The molecule has 2 unspecified atom stereocenters. The van der Waals surface area contributed by atoms with E-state index in [9.17, 15) is 5.11 Å². The van der Waals surface area contributed by atoms with Crippen LogP contribution in [-0.4, -0.2) is 14.9 Å². The van der Waals surface area contributed by atoms with Gasteiger partial charge in [-0.1, -0.05) is 20.3 Å². The Labute approximate surface area is 91.1 Å². The van der Waals surface area contributed by atoms with Crippen molar-refractivity contribution in [3.05, 3.63) is 17.5 Å². The summed E-state index contributed by atoms with van der Waals surface area (Å²) < 4.78 is 1.84. The molecule has 1 aromatic rings. The molecule has 1 aromatic heterocycles. The van der Waals surface area contributed by atoms with Gasteiger partial charge in [0.05, 0.1) is 11.4 Å². The molecule has 1 aliphatic rings. The van der Waals surface area contributed by atoms with Crippen LogP contribution in [0, 0.1) is 5.92 Å². The number of aliphatic hydroxyl groups is 1. The summed E-state index contributed by atoms with van der Waals surface area (Å²) in [7, 11) is 1.92. The first-order valence-electron chi connectivity index (χ1n) is 5.87. The van der Waals surface area contributed by atoms with E-state index in [0.717, 1.165) is 37.1 Å². The fraction of sp³-hybridized carbons (Fsp3) is 0.750. The van der Waals surface area contributed by atoms with Gasteiger partial charge in [0.1, 0.15) is 5.60 Å². The standard InChI is InChI=1S/C12H20N2O/c1-4-6-9-8-12(9,15)11-7-10(5-2)13-14(11)3/h7,9,15H,4-6,8H2,1-3H3. The molecule has 3 nitrogen and oxygen atoms in total. The zero-order chi connectivity index (χ0) is 11.1. The van der Waals surface area contributed by atoms with Gasteiger partial charge in [0.2, 0.25) is 0 Å². The van der Waals surface area contributed by atoms with Gasteiger partial charge < -0.3 is 5.11 Å². The summed E-state index contributed by atoms with van der Waals surface area (Å²) in [6.07, 6.45) is 4.10. The number of aromatic nitrogens is 2. The third kappa shape index (κ3) is 1.69. The number of rotatable bonds is 4. The summed E-state index contributed by atoms with van der Waals surface area (Å²) in [6.45, 7) is 4.26. The van der Waals surface area contributed by atoms with Gasteiger partial charge >= 0.3 is 0 Å². The minimum atomic E-state index is -0.578. The van der Waals surface area contributed by atoms with Crippen LogP contribution in [0.4, 0.5) is 0 Å². The molecule has 1 fully saturated rings. The zero-order valence-corrected chi connectivity index (χ0v) is 9.82. The van der Waals surface area contributed by atoms with Crippen LogP contribution < -0.4 is 0 Å². The normalized spacial score (nSPS) is 29.5. The molecule has 1 heterocycles. The van der Waals surface area contributed by atoms with Gasteiger partial charge in [0, 0.05) is 7.05 Å². The maximum Gasteiger partial charge on any atom is 0.109 e. The van der Waals surface area contributed by atoms with E-state index in [4.69, 9.17) is 0 Å². The van der Waals surface area contributed by atoms with Gasteiger partial charge in [-0.15, -0.1) is 0 Å². The smallest absolute Gasteiger partial charge is 0.109 e. The molecule has 0 amide bonds. The summed E-state index contributed by atoms with van der Waals surface area (Å²) in [5.41, 5.74) is 1.49. The summed E-state index contributed by atoms with van der Waals surface area (Å²) >= 11 is 0. The van der Waals surface area contributed by atoms with Crippen molar-refractivity contribution in [2.75, 3.05) is 0 Å². The van der Waals surface area contributed by atoms with E-state index >= 15 is 0 Å². The van der Waals surface area contributed by atoms with E-state index in [2.05, 4.69) is 25.0 Å². The minimum absolute atomic E-state index is 0.447. The summed E-state index contributed by atoms with van der Waals surface area (Å²) in [5.74, 6) is 0.447. The van der Waals surface area contributed by atoms with Crippen molar-refractivity contribution in [3.8, 4) is 0 Å². The van der Waals surface area contributed by atoms with E-state index in [-0.39, 0.29) is 0 Å². The molecular formula is C12H20N2O. The van der Waals surface area contributed by atoms with Crippen LogP contribution in [0.25, 0.3) is 0 Å². The second-order valence-electron chi connectivity index (χ2n) is 4.61. The molecule has 2 rings (SSSR count). The van der Waals surface area contributed by atoms with Crippen molar-refractivity contribution in [2.24, 2.45) is 13.0 Å². The van der Waals surface area contributed by atoms with E-state index in [1.807, 2.05) is 11.7 Å². The molecule has 0 bridgehead atoms. The van der Waals surface area contributed by atoms with Crippen molar-refractivity contribution in [1.82, 2.24) is 9.78 Å². The molecule has 1 saturated carbocycles. The first kappa shape index (κ1) is 10.7. The molecule has 84 valence electrons. The molecule has 0 aromatic carbocycles.